The first kappa shape index (κ1) is 13.1. The Balaban J connectivity index is 1.88. The Morgan fingerprint density at radius 2 is 1.50 bits per heavy atom. The van der Waals surface area contributed by atoms with E-state index in [-0.39, 0.29) is 17.9 Å². The number of carbonyl (C=O) groups excluding carboxylic acids is 1. The van der Waals surface area contributed by atoms with Crippen LogP contribution in [0.4, 0.5) is 0 Å². The summed E-state index contributed by atoms with van der Waals surface area (Å²) >= 11 is 0. The summed E-state index contributed by atoms with van der Waals surface area (Å²) in [6.45, 7) is 4.29. The highest BCUT2D eigenvalue weighted by molar-refractivity contribution is 6.02. The molecule has 0 saturated carbocycles. The van der Waals surface area contributed by atoms with E-state index in [0.717, 1.165) is 5.56 Å². The molecule has 2 nitrogen and oxygen atoms in total. The monoisotopic (exact) mass is 265 g/mol. The summed E-state index contributed by atoms with van der Waals surface area (Å²) in [6.07, 6.45) is 0. The molecule has 1 fully saturated rings. The molecule has 0 N–H and O–H groups in total. The van der Waals surface area contributed by atoms with Crippen molar-refractivity contribution >= 4 is 5.78 Å². The smallest absolute Gasteiger partial charge is 0.181 e. The number of hydrogen-bond donors (Lipinski definition) is 0. The van der Waals surface area contributed by atoms with Crippen molar-refractivity contribution in [3.05, 3.63) is 71.8 Å². The minimum Gasteiger partial charge on any atom is -0.292 e. The van der Waals surface area contributed by atoms with Crippen molar-refractivity contribution < 1.29 is 4.79 Å². The van der Waals surface area contributed by atoms with Gasteiger partial charge < -0.3 is 0 Å². The van der Waals surface area contributed by atoms with Crippen LogP contribution in [-0.4, -0.2) is 22.8 Å². The topological polar surface area (TPSA) is 20.1 Å². The Labute approximate surface area is 120 Å². The van der Waals surface area contributed by atoms with E-state index in [1.54, 1.807) is 0 Å². The summed E-state index contributed by atoms with van der Waals surface area (Å²) in [5.74, 6) is 0.230. The third-order valence-electron chi connectivity index (χ3n) is 3.92. The standard InChI is InChI=1S/C18H19NO/c1-13(2)19-16(14-9-5-3-6-10-14)17(19)18(20)15-11-7-4-8-12-15/h3-13,16-17H,1-2H3/t16-,17+,19?/m1/s1. The maximum absolute atomic E-state index is 12.7. The molecule has 1 aliphatic heterocycles. The molecule has 0 amide bonds. The van der Waals surface area contributed by atoms with E-state index < -0.39 is 0 Å². The average Bonchev–Trinajstić information content (AvgIpc) is 3.24. The van der Waals surface area contributed by atoms with Gasteiger partial charge in [0.1, 0.15) is 0 Å². The Bertz CT molecular complexity index is 591. The maximum Gasteiger partial charge on any atom is 0.181 e. The molecule has 2 aromatic rings. The second-order valence-electron chi connectivity index (χ2n) is 5.57. The predicted molar refractivity (Wildman–Crippen MR) is 80.7 cm³/mol. The van der Waals surface area contributed by atoms with Crippen molar-refractivity contribution in [2.45, 2.75) is 32.0 Å². The molecule has 1 saturated heterocycles. The zero-order valence-electron chi connectivity index (χ0n) is 11.9. The van der Waals surface area contributed by atoms with Gasteiger partial charge >= 0.3 is 0 Å². The zero-order valence-corrected chi connectivity index (χ0v) is 11.9. The molecule has 3 rings (SSSR count). The quantitative estimate of drug-likeness (QED) is 0.620. The average molecular weight is 265 g/mol. The normalized spacial score (nSPS) is 24.6. The molecule has 0 spiro atoms. The lowest BCUT2D eigenvalue weighted by Crippen LogP contribution is -2.18. The Morgan fingerprint density at radius 1 is 0.950 bits per heavy atom. The van der Waals surface area contributed by atoms with Gasteiger partial charge in [-0.05, 0) is 19.4 Å². The lowest BCUT2D eigenvalue weighted by molar-refractivity contribution is 0.0969. The summed E-state index contributed by atoms with van der Waals surface area (Å²) in [7, 11) is 0. The minimum atomic E-state index is -0.0141. The van der Waals surface area contributed by atoms with Crippen LogP contribution in [0.1, 0.15) is 35.8 Å². The van der Waals surface area contributed by atoms with Gasteiger partial charge in [-0.1, -0.05) is 60.7 Å². The van der Waals surface area contributed by atoms with Crippen molar-refractivity contribution in [3.63, 3.8) is 0 Å². The first-order valence-corrected chi connectivity index (χ1v) is 7.12. The molecular formula is C18H19NO. The third kappa shape index (κ3) is 2.27. The van der Waals surface area contributed by atoms with E-state index in [2.05, 4.69) is 30.9 Å². The SMILES string of the molecule is CC(C)N1[C@H](C(=O)c2ccccc2)[C@H]1c1ccccc1. The van der Waals surface area contributed by atoms with E-state index in [4.69, 9.17) is 0 Å². The van der Waals surface area contributed by atoms with Gasteiger partial charge in [0.25, 0.3) is 0 Å². The second-order valence-corrected chi connectivity index (χ2v) is 5.57. The maximum atomic E-state index is 12.7. The molecule has 1 heterocycles. The summed E-state index contributed by atoms with van der Waals surface area (Å²) < 4.78 is 0. The number of rotatable bonds is 4. The number of Topliss-reactive ketones (excluding diaryl/α,β-unsaturated/α-hetero) is 1. The molecule has 20 heavy (non-hydrogen) atoms. The molecule has 0 radical (unpaired) electrons. The Kier molecular flexibility index (Phi) is 3.41. The van der Waals surface area contributed by atoms with E-state index >= 15 is 0 Å². The number of benzene rings is 2. The van der Waals surface area contributed by atoms with E-state index in [9.17, 15) is 4.79 Å². The van der Waals surface area contributed by atoms with Gasteiger partial charge in [-0.2, -0.15) is 0 Å². The fourth-order valence-corrected chi connectivity index (χ4v) is 2.95. The molecule has 1 aliphatic rings. The van der Waals surface area contributed by atoms with Crippen LogP contribution in [0.2, 0.25) is 0 Å². The van der Waals surface area contributed by atoms with Crippen molar-refractivity contribution in [2.75, 3.05) is 0 Å². The Hall–Kier alpha value is -1.93. The highest BCUT2D eigenvalue weighted by Gasteiger charge is 2.54. The van der Waals surface area contributed by atoms with Crippen LogP contribution in [0.15, 0.2) is 60.7 Å². The van der Waals surface area contributed by atoms with Gasteiger partial charge in [-0.3, -0.25) is 9.69 Å². The van der Waals surface area contributed by atoms with E-state index in [1.807, 2.05) is 48.5 Å². The molecule has 2 heteroatoms. The first-order valence-electron chi connectivity index (χ1n) is 7.12. The van der Waals surface area contributed by atoms with Crippen LogP contribution < -0.4 is 0 Å². The highest BCUT2D eigenvalue weighted by atomic mass is 16.1. The van der Waals surface area contributed by atoms with Gasteiger partial charge in [0, 0.05) is 11.6 Å². The number of hydrogen-bond acceptors (Lipinski definition) is 2. The van der Waals surface area contributed by atoms with E-state index in [1.165, 1.54) is 5.56 Å². The fourth-order valence-electron chi connectivity index (χ4n) is 2.95. The zero-order chi connectivity index (χ0) is 14.1. The fraction of sp³-hybridized carbons (Fsp3) is 0.278. The van der Waals surface area contributed by atoms with Crippen LogP contribution >= 0.6 is 0 Å². The van der Waals surface area contributed by atoms with Crippen molar-refractivity contribution in [3.8, 4) is 0 Å². The molecule has 0 aromatic heterocycles. The minimum absolute atomic E-state index is 0.0141. The highest BCUT2D eigenvalue weighted by Crippen LogP contribution is 2.46. The predicted octanol–water partition coefficient (Wildman–Crippen LogP) is 3.70. The summed E-state index contributed by atoms with van der Waals surface area (Å²) in [5, 5.41) is 0. The molecular weight excluding hydrogens is 246 g/mol. The van der Waals surface area contributed by atoms with Gasteiger partial charge in [0.15, 0.2) is 5.78 Å². The molecule has 0 bridgehead atoms. The van der Waals surface area contributed by atoms with Crippen molar-refractivity contribution in [2.24, 2.45) is 0 Å². The summed E-state index contributed by atoms with van der Waals surface area (Å²) in [4.78, 5) is 14.9. The lowest BCUT2D eigenvalue weighted by Gasteiger charge is -2.07. The molecule has 1 unspecified atom stereocenters. The van der Waals surface area contributed by atoms with E-state index in [0.29, 0.717) is 6.04 Å². The molecule has 0 aliphatic carbocycles. The number of carbonyl (C=O) groups is 1. The second kappa shape index (κ2) is 5.22. The van der Waals surface area contributed by atoms with Gasteiger partial charge in [-0.25, -0.2) is 0 Å². The van der Waals surface area contributed by atoms with Crippen LogP contribution in [0.5, 0.6) is 0 Å². The largest absolute Gasteiger partial charge is 0.292 e. The third-order valence-corrected chi connectivity index (χ3v) is 3.92. The number of nitrogens with zero attached hydrogens (tertiary/aromatic N) is 1. The van der Waals surface area contributed by atoms with Crippen molar-refractivity contribution in [1.29, 1.82) is 0 Å². The van der Waals surface area contributed by atoms with Crippen LogP contribution in [0.25, 0.3) is 0 Å². The first-order chi connectivity index (χ1) is 9.70. The molecule has 3 atom stereocenters. The number of ketones is 1. The van der Waals surface area contributed by atoms with Crippen molar-refractivity contribution in [1.82, 2.24) is 4.90 Å². The Morgan fingerprint density at radius 3 is 2.05 bits per heavy atom. The summed E-state index contributed by atoms with van der Waals surface area (Å²) in [6, 6.07) is 20.5. The molecule has 102 valence electrons. The molecule has 2 aromatic carbocycles. The van der Waals surface area contributed by atoms with Crippen LogP contribution in [-0.2, 0) is 0 Å². The van der Waals surface area contributed by atoms with Gasteiger partial charge in [0.05, 0.1) is 12.1 Å². The van der Waals surface area contributed by atoms with Gasteiger partial charge in [-0.15, -0.1) is 0 Å². The van der Waals surface area contributed by atoms with Crippen LogP contribution in [0.3, 0.4) is 0 Å². The van der Waals surface area contributed by atoms with Crippen LogP contribution in [0, 0.1) is 0 Å². The van der Waals surface area contributed by atoms with Gasteiger partial charge in [0.2, 0.25) is 0 Å². The summed E-state index contributed by atoms with van der Waals surface area (Å²) in [5.41, 5.74) is 2.04. The lowest BCUT2D eigenvalue weighted by atomic mass is 10.0.